The van der Waals surface area contributed by atoms with E-state index in [9.17, 15) is 9.18 Å². The minimum atomic E-state index is -0.793. The van der Waals surface area contributed by atoms with Gasteiger partial charge in [-0.3, -0.25) is 4.79 Å². The number of aliphatic carboxylic acids is 1. The van der Waals surface area contributed by atoms with Gasteiger partial charge < -0.3 is 5.11 Å². The summed E-state index contributed by atoms with van der Waals surface area (Å²) in [5.41, 5.74) is 0.976. The molecule has 2 nitrogen and oxygen atoms in total. The Morgan fingerprint density at radius 1 is 1.62 bits per heavy atom. The van der Waals surface area contributed by atoms with E-state index in [2.05, 4.69) is 15.9 Å². The average Bonchev–Trinajstić information content (AvgIpc) is 2.15. The SMILES string of the molecule is CC(CC(=O)O)SCc1ccc(F)cc1Br. The average molecular weight is 307 g/mol. The molecule has 1 aromatic rings. The summed E-state index contributed by atoms with van der Waals surface area (Å²) >= 11 is 4.82. The first-order valence-electron chi connectivity index (χ1n) is 4.76. The summed E-state index contributed by atoms with van der Waals surface area (Å²) in [6, 6.07) is 4.53. The first kappa shape index (κ1) is 13.5. The Morgan fingerprint density at radius 3 is 2.88 bits per heavy atom. The van der Waals surface area contributed by atoms with Gasteiger partial charge in [-0.1, -0.05) is 28.9 Å². The second kappa shape index (κ2) is 6.25. The molecular weight excluding hydrogens is 295 g/mol. The number of rotatable bonds is 5. The number of hydrogen-bond acceptors (Lipinski definition) is 2. The van der Waals surface area contributed by atoms with Crippen LogP contribution in [0.2, 0.25) is 0 Å². The molecule has 0 aliphatic rings. The standard InChI is InChI=1S/C11H12BrFO2S/c1-7(4-11(14)15)16-6-8-2-3-9(13)5-10(8)12/h2-3,5,7H,4,6H2,1H3,(H,14,15). The second-order valence-corrected chi connectivity index (χ2v) is 5.74. The van der Waals surface area contributed by atoms with Crippen LogP contribution >= 0.6 is 27.7 Å². The fraction of sp³-hybridized carbons (Fsp3) is 0.364. The maximum atomic E-state index is 12.8. The molecule has 1 aromatic carbocycles. The van der Waals surface area contributed by atoms with Crippen molar-refractivity contribution >= 4 is 33.7 Å². The van der Waals surface area contributed by atoms with Gasteiger partial charge in [0.15, 0.2) is 0 Å². The molecule has 0 aliphatic carbocycles. The summed E-state index contributed by atoms with van der Waals surface area (Å²) in [7, 11) is 0. The van der Waals surface area contributed by atoms with Crippen LogP contribution in [0.25, 0.3) is 0 Å². The highest BCUT2D eigenvalue weighted by Crippen LogP contribution is 2.25. The molecule has 5 heteroatoms. The number of benzene rings is 1. The first-order chi connectivity index (χ1) is 7.49. The number of hydrogen-bond donors (Lipinski definition) is 1. The zero-order valence-corrected chi connectivity index (χ0v) is 11.1. The molecule has 1 atom stereocenters. The van der Waals surface area contributed by atoms with Crippen molar-refractivity contribution in [2.75, 3.05) is 0 Å². The van der Waals surface area contributed by atoms with Gasteiger partial charge in [-0.25, -0.2) is 4.39 Å². The van der Waals surface area contributed by atoms with Gasteiger partial charge in [0, 0.05) is 15.5 Å². The van der Waals surface area contributed by atoms with Crippen molar-refractivity contribution < 1.29 is 14.3 Å². The predicted molar refractivity (Wildman–Crippen MR) is 67.1 cm³/mol. The first-order valence-corrected chi connectivity index (χ1v) is 6.60. The molecular formula is C11H12BrFO2S. The molecule has 0 radical (unpaired) electrons. The van der Waals surface area contributed by atoms with E-state index in [1.807, 2.05) is 6.92 Å². The zero-order chi connectivity index (χ0) is 12.1. The van der Waals surface area contributed by atoms with Gasteiger partial charge in [-0.2, -0.15) is 11.8 Å². The molecule has 0 aliphatic heterocycles. The van der Waals surface area contributed by atoms with E-state index < -0.39 is 5.97 Å². The Morgan fingerprint density at radius 2 is 2.31 bits per heavy atom. The number of halogens is 2. The van der Waals surface area contributed by atoms with Crippen LogP contribution in [0.4, 0.5) is 4.39 Å². The van der Waals surface area contributed by atoms with E-state index in [0.717, 1.165) is 10.0 Å². The number of carboxylic acids is 1. The molecule has 1 unspecified atom stereocenters. The quantitative estimate of drug-likeness (QED) is 0.901. The van der Waals surface area contributed by atoms with Crippen LogP contribution in [0.3, 0.4) is 0 Å². The Balaban J connectivity index is 2.51. The topological polar surface area (TPSA) is 37.3 Å². The van der Waals surface area contributed by atoms with E-state index in [0.29, 0.717) is 5.75 Å². The van der Waals surface area contributed by atoms with Gasteiger partial charge >= 0.3 is 5.97 Å². The van der Waals surface area contributed by atoms with Crippen molar-refractivity contribution in [2.24, 2.45) is 0 Å². The third-order valence-electron chi connectivity index (χ3n) is 2.00. The van der Waals surface area contributed by atoms with Crippen molar-refractivity contribution in [2.45, 2.75) is 24.3 Å². The van der Waals surface area contributed by atoms with Crippen LogP contribution in [0, 0.1) is 5.82 Å². The van der Waals surface area contributed by atoms with Crippen molar-refractivity contribution in [3.63, 3.8) is 0 Å². The predicted octanol–water partition coefficient (Wildman–Crippen LogP) is 3.68. The normalized spacial score (nSPS) is 12.4. The Labute approximate surface area is 106 Å². The molecule has 0 fully saturated rings. The highest BCUT2D eigenvalue weighted by molar-refractivity contribution is 9.10. The van der Waals surface area contributed by atoms with Crippen LogP contribution in [-0.4, -0.2) is 16.3 Å². The van der Waals surface area contributed by atoms with Crippen molar-refractivity contribution in [1.29, 1.82) is 0 Å². The molecule has 0 aromatic heterocycles. The fourth-order valence-corrected chi connectivity index (χ4v) is 2.83. The van der Waals surface area contributed by atoms with E-state index in [-0.39, 0.29) is 17.5 Å². The van der Waals surface area contributed by atoms with Crippen LogP contribution in [-0.2, 0) is 10.5 Å². The highest BCUT2D eigenvalue weighted by atomic mass is 79.9. The number of thioether (sulfide) groups is 1. The third kappa shape index (κ3) is 4.53. The van der Waals surface area contributed by atoms with E-state index >= 15 is 0 Å². The van der Waals surface area contributed by atoms with Crippen LogP contribution in [0.5, 0.6) is 0 Å². The Kier molecular flexibility index (Phi) is 5.28. The molecule has 0 heterocycles. The lowest BCUT2D eigenvalue weighted by atomic mass is 10.2. The summed E-state index contributed by atoms with van der Waals surface area (Å²) < 4.78 is 13.5. The van der Waals surface area contributed by atoms with E-state index in [1.54, 1.807) is 17.8 Å². The van der Waals surface area contributed by atoms with E-state index in [1.165, 1.54) is 12.1 Å². The maximum Gasteiger partial charge on any atom is 0.304 e. The summed E-state index contributed by atoms with van der Waals surface area (Å²) in [6.07, 6.45) is 0.142. The molecule has 1 N–H and O–H groups in total. The van der Waals surface area contributed by atoms with Gasteiger partial charge in [-0.05, 0) is 17.7 Å². The molecule has 0 saturated carbocycles. The summed E-state index contributed by atoms with van der Waals surface area (Å²) in [5.74, 6) is -0.396. The molecule has 0 amide bonds. The lowest BCUT2D eigenvalue weighted by Gasteiger charge is -2.09. The smallest absolute Gasteiger partial charge is 0.304 e. The molecule has 0 bridgehead atoms. The van der Waals surface area contributed by atoms with Gasteiger partial charge in [-0.15, -0.1) is 0 Å². The lowest BCUT2D eigenvalue weighted by molar-refractivity contribution is -0.136. The minimum absolute atomic E-state index is 0.0504. The minimum Gasteiger partial charge on any atom is -0.481 e. The summed E-state index contributed by atoms with van der Waals surface area (Å²) in [5, 5.41) is 8.65. The zero-order valence-electron chi connectivity index (χ0n) is 8.74. The number of carbonyl (C=O) groups is 1. The van der Waals surface area contributed by atoms with Gasteiger partial charge in [0.1, 0.15) is 5.82 Å². The van der Waals surface area contributed by atoms with Crippen LogP contribution in [0.15, 0.2) is 22.7 Å². The largest absolute Gasteiger partial charge is 0.481 e. The monoisotopic (exact) mass is 306 g/mol. The molecule has 1 rings (SSSR count). The van der Waals surface area contributed by atoms with Crippen LogP contribution < -0.4 is 0 Å². The third-order valence-corrected chi connectivity index (χ3v) is 3.95. The Bertz CT molecular complexity index is 384. The maximum absolute atomic E-state index is 12.8. The Hall–Kier alpha value is -0.550. The summed E-state index contributed by atoms with van der Waals surface area (Å²) in [4.78, 5) is 10.5. The van der Waals surface area contributed by atoms with Crippen LogP contribution in [0.1, 0.15) is 18.9 Å². The van der Waals surface area contributed by atoms with Crippen molar-refractivity contribution in [1.82, 2.24) is 0 Å². The molecule has 16 heavy (non-hydrogen) atoms. The number of carboxylic acid groups (broad SMARTS) is 1. The van der Waals surface area contributed by atoms with Gasteiger partial charge in [0.2, 0.25) is 0 Å². The molecule has 0 saturated heterocycles. The van der Waals surface area contributed by atoms with Crippen molar-refractivity contribution in [3.8, 4) is 0 Å². The van der Waals surface area contributed by atoms with Gasteiger partial charge in [0.05, 0.1) is 6.42 Å². The van der Waals surface area contributed by atoms with Crippen molar-refractivity contribution in [3.05, 3.63) is 34.1 Å². The molecule has 88 valence electrons. The second-order valence-electron chi connectivity index (χ2n) is 3.46. The highest BCUT2D eigenvalue weighted by Gasteiger charge is 2.09. The van der Waals surface area contributed by atoms with Gasteiger partial charge in [0.25, 0.3) is 0 Å². The van der Waals surface area contributed by atoms with E-state index in [4.69, 9.17) is 5.11 Å². The summed E-state index contributed by atoms with van der Waals surface area (Å²) in [6.45, 7) is 1.87. The fourth-order valence-electron chi connectivity index (χ4n) is 1.18. The lowest BCUT2D eigenvalue weighted by Crippen LogP contribution is -2.05. The molecule has 0 spiro atoms.